The van der Waals surface area contributed by atoms with Crippen LogP contribution < -0.4 is 54.4 Å². The maximum absolute atomic E-state index is 10.5. The van der Waals surface area contributed by atoms with Crippen molar-refractivity contribution in [1.29, 1.82) is 0 Å². The van der Waals surface area contributed by atoms with Gasteiger partial charge in [-0.2, -0.15) is 0 Å². The van der Waals surface area contributed by atoms with Gasteiger partial charge in [0.2, 0.25) is 5.75 Å². The van der Waals surface area contributed by atoms with Gasteiger partial charge in [0.25, 0.3) is 0 Å². The molecular weight excluding hydrogens is 1130 g/mol. The van der Waals surface area contributed by atoms with Gasteiger partial charge in [-0.05, 0) is 120 Å². The van der Waals surface area contributed by atoms with Crippen molar-refractivity contribution in [2.75, 3.05) is 49.8 Å². The van der Waals surface area contributed by atoms with Crippen molar-refractivity contribution in [1.82, 2.24) is 21.3 Å². The lowest BCUT2D eigenvalue weighted by Gasteiger charge is -2.22. The summed E-state index contributed by atoms with van der Waals surface area (Å²) in [6.45, 7) is 10.4. The Hall–Kier alpha value is -8.48. The molecule has 90 heavy (non-hydrogen) atoms. The molecular formula is C75H92N4O11. The predicted molar refractivity (Wildman–Crippen MR) is 360 cm³/mol. The van der Waals surface area contributed by atoms with E-state index in [0.717, 1.165) is 67.5 Å². The fourth-order valence-electron chi connectivity index (χ4n) is 9.98. The number of rotatable bonds is 27. The highest BCUT2D eigenvalue weighted by Gasteiger charge is 2.21. The van der Waals surface area contributed by atoms with Crippen LogP contribution in [0.3, 0.4) is 0 Å². The smallest absolute Gasteiger partial charge is 0.203 e. The molecule has 0 fully saturated rings. The molecule has 0 heterocycles. The largest absolute Gasteiger partial charge is 0.497 e. The second-order valence-electron chi connectivity index (χ2n) is 21.7. The van der Waals surface area contributed by atoms with Crippen LogP contribution in [0, 0.1) is 0 Å². The first-order valence-corrected chi connectivity index (χ1v) is 30.2. The Bertz CT molecular complexity index is 3430. The number of aliphatic hydroxyl groups excluding tert-OH is 4. The third-order valence-corrected chi connectivity index (χ3v) is 15.4. The van der Waals surface area contributed by atoms with Gasteiger partial charge in [-0.3, -0.25) is 0 Å². The van der Waals surface area contributed by atoms with Crippen LogP contribution in [0.4, 0.5) is 0 Å². The van der Waals surface area contributed by atoms with E-state index in [1.54, 1.807) is 49.8 Å². The molecule has 8 N–H and O–H groups in total. The maximum Gasteiger partial charge on any atom is 0.203 e. The Labute approximate surface area is 532 Å². The first kappa shape index (κ1) is 70.6. The van der Waals surface area contributed by atoms with Gasteiger partial charge >= 0.3 is 0 Å². The maximum atomic E-state index is 10.5. The highest BCUT2D eigenvalue weighted by molar-refractivity contribution is 5.87. The number of methoxy groups -OCH3 is 7. The Balaban J connectivity index is 0.000000191. The zero-order valence-corrected chi connectivity index (χ0v) is 53.8. The molecule has 0 saturated heterocycles. The van der Waals surface area contributed by atoms with E-state index in [4.69, 9.17) is 33.2 Å². The second-order valence-corrected chi connectivity index (χ2v) is 21.7. The van der Waals surface area contributed by atoms with Crippen LogP contribution in [0.1, 0.15) is 96.6 Å². The first-order valence-electron chi connectivity index (χ1n) is 30.2. The topological polar surface area (TPSA) is 194 Å². The number of fused-ring (bicyclic) bond motifs is 1. The molecule has 0 aromatic heterocycles. The summed E-state index contributed by atoms with van der Waals surface area (Å²) < 4.78 is 37.3. The molecule has 0 amide bonds. The van der Waals surface area contributed by atoms with Gasteiger partial charge in [0.05, 0.1) is 74.2 Å². The van der Waals surface area contributed by atoms with Crippen molar-refractivity contribution in [3.63, 3.8) is 0 Å². The molecule has 0 aliphatic rings. The quantitative estimate of drug-likeness (QED) is 0.0242. The Kier molecular flexibility index (Phi) is 29.4. The summed E-state index contributed by atoms with van der Waals surface area (Å²) in [6, 6.07) is 68.2. The highest BCUT2D eigenvalue weighted by atomic mass is 16.5. The molecule has 0 spiro atoms. The number of nitrogens with one attached hydrogen (secondary N) is 4. The van der Waals surface area contributed by atoms with Gasteiger partial charge in [0.15, 0.2) is 11.5 Å². The van der Waals surface area contributed by atoms with E-state index in [1.807, 2.05) is 222 Å². The van der Waals surface area contributed by atoms with Gasteiger partial charge in [-0.15, -0.1) is 0 Å². The third kappa shape index (κ3) is 21.4. The minimum atomic E-state index is -0.576. The minimum Gasteiger partial charge on any atom is -0.497 e. The number of hydrogen-bond acceptors (Lipinski definition) is 15. The van der Waals surface area contributed by atoms with Crippen LogP contribution in [0.25, 0.3) is 10.8 Å². The van der Waals surface area contributed by atoms with Crippen molar-refractivity contribution in [3.8, 4) is 40.2 Å². The summed E-state index contributed by atoms with van der Waals surface area (Å²) in [7, 11) is 11.4. The minimum absolute atomic E-state index is 0.0244. The van der Waals surface area contributed by atoms with Gasteiger partial charge in [-0.1, -0.05) is 164 Å². The van der Waals surface area contributed by atoms with E-state index < -0.39 is 24.4 Å². The summed E-state index contributed by atoms with van der Waals surface area (Å²) in [4.78, 5) is 0. The van der Waals surface area contributed by atoms with E-state index >= 15 is 0 Å². The SMILES string of the molecule is COc1cc(CN[C@@H](C)[C@H](O)c2ccccc2)cc(OC)c1.COc1cc(CN[C@@H](C)[C@H](O)c2ccccc2)cc(OC)c1OC.COc1ccc2ccccc2c1CN[C@@H](C)[C@H](O)c1ccccc1.COc1cccc(CN[C@@H](C)[C@H](O)c2ccccc2)c1. The molecule has 0 aliphatic heterocycles. The zero-order chi connectivity index (χ0) is 64.8. The van der Waals surface area contributed by atoms with E-state index in [-0.39, 0.29) is 24.2 Å². The van der Waals surface area contributed by atoms with Crippen LogP contribution in [0.2, 0.25) is 0 Å². The molecule has 15 heteroatoms. The lowest BCUT2D eigenvalue weighted by atomic mass is 10.0. The molecule has 9 aromatic rings. The van der Waals surface area contributed by atoms with Crippen molar-refractivity contribution < 1.29 is 53.6 Å². The van der Waals surface area contributed by atoms with Crippen LogP contribution in [0.5, 0.6) is 40.2 Å². The average molecular weight is 1230 g/mol. The lowest BCUT2D eigenvalue weighted by Crippen LogP contribution is -2.31. The summed E-state index contributed by atoms with van der Waals surface area (Å²) in [6.07, 6.45) is -2.18. The van der Waals surface area contributed by atoms with Crippen LogP contribution in [0.15, 0.2) is 212 Å². The van der Waals surface area contributed by atoms with E-state index in [2.05, 4.69) is 39.5 Å². The third-order valence-electron chi connectivity index (χ3n) is 15.4. The van der Waals surface area contributed by atoms with Crippen LogP contribution in [-0.4, -0.2) is 94.4 Å². The zero-order valence-electron chi connectivity index (χ0n) is 53.8. The molecule has 9 rings (SSSR count). The molecule has 0 radical (unpaired) electrons. The van der Waals surface area contributed by atoms with Crippen molar-refractivity contribution in [3.05, 3.63) is 257 Å². The predicted octanol–water partition coefficient (Wildman–Crippen LogP) is 12.8. The monoisotopic (exact) mass is 1220 g/mol. The van der Waals surface area contributed by atoms with E-state index in [0.29, 0.717) is 43.4 Å². The summed E-state index contributed by atoms with van der Waals surface area (Å²) in [5.41, 5.74) is 7.92. The molecule has 0 aliphatic carbocycles. The Morgan fingerprint density at radius 3 is 1.04 bits per heavy atom. The van der Waals surface area contributed by atoms with Gasteiger partial charge < -0.3 is 74.9 Å². The number of aliphatic hydroxyl groups is 4. The second kappa shape index (κ2) is 37.5. The number of benzene rings is 9. The first-order chi connectivity index (χ1) is 43.6. The van der Waals surface area contributed by atoms with Gasteiger partial charge in [0.1, 0.15) is 23.0 Å². The lowest BCUT2D eigenvalue weighted by molar-refractivity contribution is 0.135. The fraction of sp³-hybridized carbons (Fsp3) is 0.307. The summed E-state index contributed by atoms with van der Waals surface area (Å²) >= 11 is 0. The van der Waals surface area contributed by atoms with E-state index in [9.17, 15) is 20.4 Å². The normalized spacial score (nSPS) is 13.5. The molecule has 0 unspecified atom stereocenters. The Morgan fingerprint density at radius 2 is 0.656 bits per heavy atom. The summed E-state index contributed by atoms with van der Waals surface area (Å²) in [5, 5.41) is 57.4. The van der Waals surface area contributed by atoms with E-state index in [1.165, 1.54) is 10.8 Å². The fourth-order valence-corrected chi connectivity index (χ4v) is 9.98. The molecule has 0 bridgehead atoms. The number of hydrogen-bond donors (Lipinski definition) is 8. The number of ether oxygens (including phenoxy) is 7. The van der Waals surface area contributed by atoms with Crippen molar-refractivity contribution in [2.45, 2.75) is 102 Å². The average Bonchev–Trinajstić information content (AvgIpc) is 1.52. The van der Waals surface area contributed by atoms with Crippen LogP contribution >= 0.6 is 0 Å². The standard InChI is InChI=1S/C21H23NO2.C19H25NO4.C18H23NO3.C17H21NO2/c1-15(21(23)17-9-4-3-5-10-17)22-14-19-18-11-7-6-8-16(18)12-13-20(19)24-2;1-13(18(21)15-8-6-5-7-9-15)20-12-14-10-16(22-2)19(24-4)17(11-14)23-3;1-13(18(20)15-7-5-4-6-8-15)19-12-14-9-16(21-2)11-17(10-14)22-3;1-13(17(19)15-8-4-3-5-9-15)18-12-14-7-6-10-16(11-14)20-2/h3-13,15,21-23H,14H2,1-2H3;5-11,13,18,20-21H,12H2,1-4H3;4-11,13,18-20H,12H2,1-3H3;3-11,13,17-19H,12H2,1-2H3/t15-,21-;2*13-,18-;13-,17-/m0000/s1. The van der Waals surface area contributed by atoms with Gasteiger partial charge in [-0.25, -0.2) is 0 Å². The molecule has 478 valence electrons. The molecule has 15 nitrogen and oxygen atoms in total. The van der Waals surface area contributed by atoms with Crippen molar-refractivity contribution >= 4 is 10.8 Å². The molecule has 0 saturated carbocycles. The molecule has 9 aromatic carbocycles. The van der Waals surface area contributed by atoms with Crippen molar-refractivity contribution in [2.24, 2.45) is 0 Å². The van der Waals surface area contributed by atoms with Gasteiger partial charge in [0, 0.05) is 62.0 Å². The molecule has 8 atom stereocenters. The highest BCUT2D eigenvalue weighted by Crippen LogP contribution is 2.38. The summed E-state index contributed by atoms with van der Waals surface area (Å²) in [5.74, 6) is 5.03. The van der Waals surface area contributed by atoms with Crippen LogP contribution in [-0.2, 0) is 26.2 Å². The Morgan fingerprint density at radius 1 is 0.300 bits per heavy atom.